The predicted molar refractivity (Wildman–Crippen MR) is 94.5 cm³/mol. The van der Waals surface area contributed by atoms with Crippen LogP contribution in [-0.4, -0.2) is 31.8 Å². The molecule has 0 aliphatic carbocycles. The molecule has 6 nitrogen and oxygen atoms in total. The first-order valence-corrected chi connectivity index (χ1v) is 9.12. The maximum absolute atomic E-state index is 11.6. The molecule has 0 saturated heterocycles. The van der Waals surface area contributed by atoms with E-state index in [-0.39, 0.29) is 0 Å². The number of H-pyrrole nitrogens is 1. The number of aromatic amines is 1. The van der Waals surface area contributed by atoms with Gasteiger partial charge in [0.2, 0.25) is 10.0 Å². The minimum absolute atomic E-state index is 0.460. The molecule has 1 aromatic heterocycles. The number of imidazole rings is 1. The summed E-state index contributed by atoms with van der Waals surface area (Å²) in [5.74, 6) is 1.33. The molecule has 0 amide bonds. The van der Waals surface area contributed by atoms with Crippen LogP contribution in [0.3, 0.4) is 0 Å². The van der Waals surface area contributed by atoms with Gasteiger partial charge in [-0.2, -0.15) is 0 Å². The first kappa shape index (κ1) is 16.1. The molecule has 0 spiro atoms. The first-order chi connectivity index (χ1) is 11.5. The van der Waals surface area contributed by atoms with Gasteiger partial charge in [-0.15, -0.1) is 0 Å². The number of rotatable bonds is 5. The molecule has 0 atom stereocenters. The van der Waals surface area contributed by atoms with Crippen molar-refractivity contribution in [1.29, 1.82) is 0 Å². The monoisotopic (exact) mass is 343 g/mol. The van der Waals surface area contributed by atoms with Crippen LogP contribution in [0.2, 0.25) is 0 Å². The fourth-order valence-corrected chi connectivity index (χ4v) is 2.94. The second-order valence-electron chi connectivity index (χ2n) is 5.30. The lowest BCUT2D eigenvalue weighted by molar-refractivity contribution is 0.415. The Hall–Kier alpha value is -2.80. The van der Waals surface area contributed by atoms with Gasteiger partial charge in [0, 0.05) is 11.1 Å². The fraction of sp³-hybridized carbons (Fsp3) is 0.118. The number of aromatic nitrogens is 2. The fourth-order valence-electron chi connectivity index (χ4n) is 2.36. The number of ether oxygens (including phenoxy) is 1. The summed E-state index contributed by atoms with van der Waals surface area (Å²) in [6, 6.07) is 14.8. The van der Waals surface area contributed by atoms with E-state index in [4.69, 9.17) is 4.74 Å². The minimum Gasteiger partial charge on any atom is -0.497 e. The number of hydrogen-bond donors (Lipinski definition) is 2. The predicted octanol–water partition coefficient (Wildman–Crippen LogP) is 3.12. The van der Waals surface area contributed by atoms with Gasteiger partial charge >= 0.3 is 0 Å². The van der Waals surface area contributed by atoms with Crippen molar-refractivity contribution in [2.45, 2.75) is 0 Å². The third kappa shape index (κ3) is 3.57. The highest BCUT2D eigenvalue weighted by Crippen LogP contribution is 2.32. The van der Waals surface area contributed by atoms with Gasteiger partial charge in [0.25, 0.3) is 0 Å². The van der Waals surface area contributed by atoms with Crippen LogP contribution in [0.1, 0.15) is 0 Å². The molecule has 0 fully saturated rings. The van der Waals surface area contributed by atoms with E-state index < -0.39 is 10.0 Å². The molecule has 124 valence electrons. The highest BCUT2D eigenvalue weighted by atomic mass is 32.2. The summed E-state index contributed by atoms with van der Waals surface area (Å²) in [6.07, 6.45) is 2.79. The quantitative estimate of drug-likeness (QED) is 0.745. The lowest BCUT2D eigenvalue weighted by Gasteiger charge is -2.11. The highest BCUT2D eigenvalue weighted by Gasteiger charge is 2.13. The van der Waals surface area contributed by atoms with Gasteiger partial charge in [-0.1, -0.05) is 30.3 Å². The van der Waals surface area contributed by atoms with E-state index >= 15 is 0 Å². The summed E-state index contributed by atoms with van der Waals surface area (Å²) in [5.41, 5.74) is 2.76. The molecule has 2 aromatic carbocycles. The third-order valence-corrected chi connectivity index (χ3v) is 4.03. The normalized spacial score (nSPS) is 11.2. The van der Waals surface area contributed by atoms with Crippen LogP contribution in [0.15, 0.2) is 54.7 Å². The summed E-state index contributed by atoms with van der Waals surface area (Å²) in [5, 5.41) is 0. The number of benzene rings is 2. The van der Waals surface area contributed by atoms with Gasteiger partial charge in [-0.05, 0) is 18.2 Å². The molecule has 0 unspecified atom stereocenters. The van der Waals surface area contributed by atoms with Gasteiger partial charge in [0.15, 0.2) is 0 Å². The second kappa shape index (κ2) is 6.37. The molecule has 1 heterocycles. The van der Waals surface area contributed by atoms with Gasteiger partial charge < -0.3 is 9.72 Å². The van der Waals surface area contributed by atoms with Gasteiger partial charge in [-0.3, -0.25) is 4.72 Å². The zero-order valence-electron chi connectivity index (χ0n) is 13.3. The molecular formula is C17H17N3O3S. The Morgan fingerprint density at radius 3 is 2.54 bits per heavy atom. The van der Waals surface area contributed by atoms with E-state index in [1.54, 1.807) is 31.5 Å². The first-order valence-electron chi connectivity index (χ1n) is 7.23. The van der Waals surface area contributed by atoms with Crippen LogP contribution < -0.4 is 9.46 Å². The third-order valence-electron chi connectivity index (χ3n) is 3.44. The van der Waals surface area contributed by atoms with Crippen molar-refractivity contribution in [3.8, 4) is 28.4 Å². The Morgan fingerprint density at radius 1 is 1.12 bits per heavy atom. The molecule has 3 rings (SSSR count). The Labute approximate surface area is 140 Å². The smallest absolute Gasteiger partial charge is 0.229 e. The van der Waals surface area contributed by atoms with Crippen LogP contribution in [0.25, 0.3) is 22.6 Å². The summed E-state index contributed by atoms with van der Waals surface area (Å²) in [6.45, 7) is 0. The molecule has 3 aromatic rings. The highest BCUT2D eigenvalue weighted by molar-refractivity contribution is 7.92. The number of methoxy groups -OCH3 is 1. The van der Waals surface area contributed by atoms with Crippen LogP contribution in [0.4, 0.5) is 5.69 Å². The van der Waals surface area contributed by atoms with E-state index in [1.165, 1.54) is 0 Å². The molecule has 2 N–H and O–H groups in total. The van der Waals surface area contributed by atoms with Crippen molar-refractivity contribution in [2.24, 2.45) is 0 Å². The van der Waals surface area contributed by atoms with Crippen LogP contribution >= 0.6 is 0 Å². The molecule has 0 aliphatic heterocycles. The standard InChI is InChI=1S/C17H17N3O3S/c1-23-13-8-9-15(20-24(2,21)22)14(10-13)16-11-18-17(19-16)12-6-4-3-5-7-12/h3-11,20H,1-2H3,(H,18,19). The molecular weight excluding hydrogens is 326 g/mol. The Morgan fingerprint density at radius 2 is 1.88 bits per heavy atom. The number of hydrogen-bond acceptors (Lipinski definition) is 4. The maximum atomic E-state index is 11.6. The van der Waals surface area contributed by atoms with E-state index in [0.717, 1.165) is 11.8 Å². The zero-order chi connectivity index (χ0) is 17.2. The average molecular weight is 343 g/mol. The van der Waals surface area contributed by atoms with Gasteiger partial charge in [0.1, 0.15) is 11.6 Å². The van der Waals surface area contributed by atoms with E-state index in [0.29, 0.717) is 28.5 Å². The van der Waals surface area contributed by atoms with E-state index in [1.807, 2.05) is 30.3 Å². The molecule has 0 bridgehead atoms. The topological polar surface area (TPSA) is 84.1 Å². The zero-order valence-corrected chi connectivity index (χ0v) is 14.1. The summed E-state index contributed by atoms with van der Waals surface area (Å²) in [7, 11) is -1.84. The lowest BCUT2D eigenvalue weighted by atomic mass is 10.1. The van der Waals surface area contributed by atoms with Crippen molar-refractivity contribution in [1.82, 2.24) is 9.97 Å². The maximum Gasteiger partial charge on any atom is 0.229 e. The Bertz CT molecular complexity index is 950. The number of anilines is 1. The number of nitrogens with one attached hydrogen (secondary N) is 2. The molecule has 7 heteroatoms. The second-order valence-corrected chi connectivity index (χ2v) is 7.05. The lowest BCUT2D eigenvalue weighted by Crippen LogP contribution is -2.10. The van der Waals surface area contributed by atoms with Crippen LogP contribution in [0.5, 0.6) is 5.75 Å². The average Bonchev–Trinajstić information content (AvgIpc) is 3.04. The Kier molecular flexibility index (Phi) is 4.26. The number of sulfonamides is 1. The van der Waals surface area contributed by atoms with Crippen LogP contribution in [-0.2, 0) is 10.0 Å². The Balaban J connectivity index is 2.06. The van der Waals surface area contributed by atoms with Gasteiger partial charge in [-0.25, -0.2) is 13.4 Å². The molecule has 0 aliphatic rings. The largest absolute Gasteiger partial charge is 0.497 e. The SMILES string of the molecule is COc1ccc(NS(C)(=O)=O)c(-c2cnc(-c3ccccc3)[nH]2)c1. The van der Waals surface area contributed by atoms with Crippen molar-refractivity contribution >= 4 is 15.7 Å². The molecule has 0 saturated carbocycles. The summed E-state index contributed by atoms with van der Waals surface area (Å²) < 4.78 is 31.0. The summed E-state index contributed by atoms with van der Waals surface area (Å²) in [4.78, 5) is 7.60. The van der Waals surface area contributed by atoms with Crippen molar-refractivity contribution in [2.75, 3.05) is 18.1 Å². The molecule has 24 heavy (non-hydrogen) atoms. The van der Waals surface area contributed by atoms with Gasteiger partial charge in [0.05, 0.1) is 30.9 Å². The summed E-state index contributed by atoms with van der Waals surface area (Å²) >= 11 is 0. The number of nitrogens with zero attached hydrogens (tertiary/aromatic N) is 1. The molecule has 0 radical (unpaired) electrons. The van der Waals surface area contributed by atoms with Crippen LogP contribution in [0, 0.1) is 0 Å². The van der Waals surface area contributed by atoms with Crippen molar-refractivity contribution in [3.05, 3.63) is 54.7 Å². The van der Waals surface area contributed by atoms with Crippen molar-refractivity contribution < 1.29 is 13.2 Å². The minimum atomic E-state index is -3.40. The van der Waals surface area contributed by atoms with E-state index in [2.05, 4.69) is 14.7 Å². The van der Waals surface area contributed by atoms with E-state index in [9.17, 15) is 8.42 Å². The van der Waals surface area contributed by atoms with Crippen molar-refractivity contribution in [3.63, 3.8) is 0 Å².